The summed E-state index contributed by atoms with van der Waals surface area (Å²) in [5, 5.41) is 9.02. The van der Waals surface area contributed by atoms with Gasteiger partial charge in [0.1, 0.15) is 0 Å². The lowest BCUT2D eigenvalue weighted by molar-refractivity contribution is -0.118. The Morgan fingerprint density at radius 3 is 2.91 bits per heavy atom. The number of thiophene rings is 1. The van der Waals surface area contributed by atoms with Gasteiger partial charge in [-0.1, -0.05) is 11.2 Å². The third-order valence-electron chi connectivity index (χ3n) is 3.87. The standard InChI is InChI=1S/C16H13N3O2S/c20-15(18-11-3-1-7-17-10-11)16(5-6-16)14-9-12(21-19-14)13-4-2-8-22-13/h1-4,7-10H,5-6H2,(H,18,20). The van der Waals surface area contributed by atoms with Gasteiger partial charge in [0, 0.05) is 12.3 Å². The van der Waals surface area contributed by atoms with Crippen LogP contribution in [0.25, 0.3) is 10.6 Å². The van der Waals surface area contributed by atoms with Crippen LogP contribution in [-0.4, -0.2) is 16.0 Å². The zero-order valence-electron chi connectivity index (χ0n) is 11.7. The van der Waals surface area contributed by atoms with E-state index in [2.05, 4.69) is 15.5 Å². The van der Waals surface area contributed by atoms with Crippen molar-refractivity contribution in [1.29, 1.82) is 0 Å². The molecule has 3 aromatic heterocycles. The number of pyridine rings is 1. The summed E-state index contributed by atoms with van der Waals surface area (Å²) < 4.78 is 5.40. The molecule has 3 aromatic rings. The third kappa shape index (κ3) is 2.21. The summed E-state index contributed by atoms with van der Waals surface area (Å²) in [4.78, 5) is 17.6. The van der Waals surface area contributed by atoms with Crippen molar-refractivity contribution >= 4 is 22.9 Å². The predicted molar refractivity (Wildman–Crippen MR) is 83.6 cm³/mol. The van der Waals surface area contributed by atoms with Crippen molar-refractivity contribution in [2.45, 2.75) is 18.3 Å². The monoisotopic (exact) mass is 311 g/mol. The van der Waals surface area contributed by atoms with Crippen molar-refractivity contribution < 1.29 is 9.32 Å². The molecule has 0 bridgehead atoms. The van der Waals surface area contributed by atoms with Gasteiger partial charge >= 0.3 is 0 Å². The van der Waals surface area contributed by atoms with Crippen molar-refractivity contribution in [2.24, 2.45) is 0 Å². The van der Waals surface area contributed by atoms with Crippen LogP contribution in [0.3, 0.4) is 0 Å². The van der Waals surface area contributed by atoms with Gasteiger partial charge in [0.2, 0.25) is 5.91 Å². The smallest absolute Gasteiger partial charge is 0.236 e. The summed E-state index contributed by atoms with van der Waals surface area (Å²) >= 11 is 1.59. The second-order valence-corrected chi connectivity index (χ2v) is 6.28. The second kappa shape index (κ2) is 5.06. The number of carbonyl (C=O) groups excluding carboxylic acids is 1. The van der Waals surface area contributed by atoms with Gasteiger partial charge in [-0.2, -0.15) is 0 Å². The first kappa shape index (κ1) is 13.2. The number of aromatic nitrogens is 2. The van der Waals surface area contributed by atoms with Gasteiger partial charge in [0.25, 0.3) is 0 Å². The number of carbonyl (C=O) groups is 1. The minimum absolute atomic E-state index is 0.0495. The van der Waals surface area contributed by atoms with Crippen LogP contribution in [0, 0.1) is 0 Å². The molecule has 1 N–H and O–H groups in total. The molecule has 0 radical (unpaired) electrons. The molecule has 0 aliphatic heterocycles. The Kier molecular flexibility index (Phi) is 3.04. The highest BCUT2D eigenvalue weighted by atomic mass is 32.1. The summed E-state index contributed by atoms with van der Waals surface area (Å²) in [7, 11) is 0. The molecule has 22 heavy (non-hydrogen) atoms. The average Bonchev–Trinajstić information content (AvgIpc) is 2.98. The van der Waals surface area contributed by atoms with Gasteiger partial charge in [0.15, 0.2) is 5.76 Å². The first-order chi connectivity index (χ1) is 10.8. The number of amides is 1. The number of anilines is 1. The van der Waals surface area contributed by atoms with E-state index < -0.39 is 5.41 Å². The molecule has 1 aliphatic rings. The zero-order chi connectivity index (χ0) is 15.0. The number of nitrogens with one attached hydrogen (secondary N) is 1. The first-order valence-corrected chi connectivity index (χ1v) is 7.88. The van der Waals surface area contributed by atoms with Crippen LogP contribution in [0.1, 0.15) is 18.5 Å². The molecule has 1 amide bonds. The van der Waals surface area contributed by atoms with E-state index in [1.54, 1.807) is 29.8 Å². The third-order valence-corrected chi connectivity index (χ3v) is 4.75. The van der Waals surface area contributed by atoms with Crippen LogP contribution in [0.2, 0.25) is 0 Å². The van der Waals surface area contributed by atoms with Crippen LogP contribution in [0.4, 0.5) is 5.69 Å². The normalized spacial score (nSPS) is 15.5. The largest absolute Gasteiger partial charge is 0.355 e. The molecule has 0 unspecified atom stereocenters. The van der Waals surface area contributed by atoms with E-state index in [0.717, 1.165) is 17.7 Å². The maximum absolute atomic E-state index is 12.6. The Balaban J connectivity index is 1.58. The fourth-order valence-electron chi connectivity index (χ4n) is 2.45. The molecule has 1 fully saturated rings. The fourth-order valence-corrected chi connectivity index (χ4v) is 3.12. The lowest BCUT2D eigenvalue weighted by Gasteiger charge is -2.11. The molecule has 1 saturated carbocycles. The highest BCUT2D eigenvalue weighted by Gasteiger charge is 2.53. The summed E-state index contributed by atoms with van der Waals surface area (Å²) in [5.74, 6) is 0.664. The Bertz CT molecular complexity index is 792. The van der Waals surface area contributed by atoms with E-state index in [1.807, 2.05) is 29.6 Å². The first-order valence-electron chi connectivity index (χ1n) is 7.00. The molecule has 0 aromatic carbocycles. The molecule has 6 heteroatoms. The van der Waals surface area contributed by atoms with Crippen molar-refractivity contribution in [3.63, 3.8) is 0 Å². The maximum Gasteiger partial charge on any atom is 0.236 e. The molecule has 0 spiro atoms. The molecular formula is C16H13N3O2S. The molecule has 3 heterocycles. The molecule has 0 saturated heterocycles. The minimum atomic E-state index is -0.561. The summed E-state index contributed by atoms with van der Waals surface area (Å²) in [6, 6.07) is 9.43. The Morgan fingerprint density at radius 2 is 2.23 bits per heavy atom. The maximum atomic E-state index is 12.6. The fraction of sp³-hybridized carbons (Fsp3) is 0.188. The number of hydrogen-bond donors (Lipinski definition) is 1. The summed E-state index contributed by atoms with van der Waals surface area (Å²) in [5.41, 5.74) is 0.840. The van der Waals surface area contributed by atoms with Gasteiger partial charge in [-0.25, -0.2) is 0 Å². The number of hydrogen-bond acceptors (Lipinski definition) is 5. The topological polar surface area (TPSA) is 68.0 Å². The highest BCUT2D eigenvalue weighted by Crippen LogP contribution is 2.49. The lowest BCUT2D eigenvalue weighted by Crippen LogP contribution is -2.28. The quantitative estimate of drug-likeness (QED) is 0.801. The van der Waals surface area contributed by atoms with Gasteiger partial charge in [0.05, 0.1) is 27.9 Å². The highest BCUT2D eigenvalue weighted by molar-refractivity contribution is 7.13. The van der Waals surface area contributed by atoms with Crippen molar-refractivity contribution in [3.8, 4) is 10.6 Å². The zero-order valence-corrected chi connectivity index (χ0v) is 12.5. The van der Waals surface area contributed by atoms with Gasteiger partial charge < -0.3 is 9.84 Å². The van der Waals surface area contributed by atoms with Crippen LogP contribution in [-0.2, 0) is 10.2 Å². The van der Waals surface area contributed by atoms with Crippen LogP contribution < -0.4 is 5.32 Å². The molecule has 0 atom stereocenters. The lowest BCUT2D eigenvalue weighted by atomic mass is 10.0. The van der Waals surface area contributed by atoms with E-state index in [1.165, 1.54) is 0 Å². The van der Waals surface area contributed by atoms with Crippen LogP contribution in [0.15, 0.2) is 52.6 Å². The van der Waals surface area contributed by atoms with E-state index in [-0.39, 0.29) is 5.91 Å². The van der Waals surface area contributed by atoms with Crippen molar-refractivity contribution in [1.82, 2.24) is 10.1 Å². The van der Waals surface area contributed by atoms with Crippen molar-refractivity contribution in [3.05, 3.63) is 53.8 Å². The Hall–Kier alpha value is -2.47. The van der Waals surface area contributed by atoms with Crippen molar-refractivity contribution in [2.75, 3.05) is 5.32 Å². The number of nitrogens with zero attached hydrogens (tertiary/aromatic N) is 2. The molecule has 1 aliphatic carbocycles. The van der Waals surface area contributed by atoms with Crippen LogP contribution >= 0.6 is 11.3 Å². The summed E-state index contributed by atoms with van der Waals surface area (Å²) in [6.07, 6.45) is 4.88. The van der Waals surface area contributed by atoms with E-state index in [4.69, 9.17) is 4.52 Å². The predicted octanol–water partition coefficient (Wildman–Crippen LogP) is 3.47. The number of rotatable bonds is 4. The molecule has 110 valence electrons. The van der Waals surface area contributed by atoms with Crippen LogP contribution in [0.5, 0.6) is 0 Å². The minimum Gasteiger partial charge on any atom is -0.355 e. The summed E-state index contributed by atoms with van der Waals surface area (Å²) in [6.45, 7) is 0. The Labute approximate surface area is 131 Å². The average molecular weight is 311 g/mol. The SMILES string of the molecule is O=C(Nc1cccnc1)C1(c2cc(-c3cccs3)on2)CC1. The molecular weight excluding hydrogens is 298 g/mol. The molecule has 4 rings (SSSR count). The van der Waals surface area contributed by atoms with Gasteiger partial charge in [-0.3, -0.25) is 9.78 Å². The van der Waals surface area contributed by atoms with E-state index in [9.17, 15) is 4.79 Å². The van der Waals surface area contributed by atoms with Gasteiger partial charge in [-0.15, -0.1) is 11.3 Å². The second-order valence-electron chi connectivity index (χ2n) is 5.33. The Morgan fingerprint density at radius 1 is 1.32 bits per heavy atom. The molecule has 5 nitrogen and oxygen atoms in total. The van der Waals surface area contributed by atoms with Gasteiger partial charge in [-0.05, 0) is 36.4 Å². The van der Waals surface area contributed by atoms with E-state index >= 15 is 0 Å². The van der Waals surface area contributed by atoms with E-state index in [0.29, 0.717) is 17.1 Å².